The molecule has 2 heterocycles. The maximum absolute atomic E-state index is 12.7. The Morgan fingerprint density at radius 2 is 1.87 bits per heavy atom. The van der Waals surface area contributed by atoms with E-state index in [0.29, 0.717) is 23.6 Å². The van der Waals surface area contributed by atoms with Crippen molar-refractivity contribution in [2.75, 3.05) is 46.9 Å². The number of piperazine rings is 1. The molecule has 1 amide bonds. The van der Waals surface area contributed by atoms with Crippen LogP contribution in [0.25, 0.3) is 11.0 Å². The molecule has 1 aliphatic rings. The Balaban J connectivity index is 1.49. The Labute approximate surface area is 177 Å². The highest BCUT2D eigenvalue weighted by Crippen LogP contribution is 2.32. The molecule has 1 saturated heterocycles. The van der Waals surface area contributed by atoms with Gasteiger partial charge in [0.05, 0.1) is 7.11 Å². The maximum Gasteiger partial charge on any atom is 0.287 e. The van der Waals surface area contributed by atoms with Gasteiger partial charge in [0.1, 0.15) is 0 Å². The number of carbonyl (C=O) groups is 1. The van der Waals surface area contributed by atoms with Crippen molar-refractivity contribution in [2.45, 2.75) is 13.0 Å². The van der Waals surface area contributed by atoms with Crippen LogP contribution in [0.15, 0.2) is 52.9 Å². The predicted molar refractivity (Wildman–Crippen MR) is 118 cm³/mol. The number of carbonyl (C=O) groups excluding carboxylic acids is 1. The summed E-state index contributed by atoms with van der Waals surface area (Å²) in [4.78, 5) is 17.5. The highest BCUT2D eigenvalue weighted by molar-refractivity contribution is 5.98. The van der Waals surface area contributed by atoms with Crippen LogP contribution in [0.2, 0.25) is 0 Å². The average molecular weight is 408 g/mol. The molecular weight excluding hydrogens is 378 g/mol. The lowest BCUT2D eigenvalue weighted by Gasteiger charge is -2.32. The van der Waals surface area contributed by atoms with Gasteiger partial charge in [0.2, 0.25) is 0 Å². The van der Waals surface area contributed by atoms with Crippen LogP contribution < -0.4 is 10.1 Å². The summed E-state index contributed by atoms with van der Waals surface area (Å²) in [5.41, 5.74) is 2.98. The summed E-state index contributed by atoms with van der Waals surface area (Å²) >= 11 is 0. The van der Waals surface area contributed by atoms with Crippen molar-refractivity contribution >= 4 is 16.9 Å². The van der Waals surface area contributed by atoms with Crippen LogP contribution >= 0.6 is 0 Å². The Bertz CT molecular complexity index is 992. The Morgan fingerprint density at radius 1 is 1.10 bits per heavy atom. The van der Waals surface area contributed by atoms with E-state index in [-0.39, 0.29) is 5.91 Å². The molecule has 0 bridgehead atoms. The summed E-state index contributed by atoms with van der Waals surface area (Å²) in [6, 6.07) is 16.0. The van der Waals surface area contributed by atoms with E-state index in [9.17, 15) is 4.79 Å². The number of likely N-dealkylation sites (N-methyl/N-ethyl adjacent to an activating group) is 1. The van der Waals surface area contributed by atoms with Crippen molar-refractivity contribution in [1.29, 1.82) is 0 Å². The van der Waals surface area contributed by atoms with Gasteiger partial charge in [0, 0.05) is 44.7 Å². The number of fused-ring (bicyclic) bond motifs is 1. The lowest BCUT2D eigenvalue weighted by Crippen LogP contribution is -2.43. The van der Waals surface area contributed by atoms with Gasteiger partial charge in [-0.05, 0) is 36.7 Å². The second-order valence-electron chi connectivity index (χ2n) is 7.85. The van der Waals surface area contributed by atoms with Crippen LogP contribution in [0.5, 0.6) is 5.75 Å². The molecule has 6 heteroatoms. The summed E-state index contributed by atoms with van der Waals surface area (Å²) in [6.07, 6.45) is 0.783. The summed E-state index contributed by atoms with van der Waals surface area (Å²) in [5.74, 6) is 0.771. The molecule has 2 aromatic carbocycles. The van der Waals surface area contributed by atoms with E-state index in [4.69, 9.17) is 9.15 Å². The molecule has 0 unspecified atom stereocenters. The Morgan fingerprint density at radius 3 is 2.60 bits per heavy atom. The van der Waals surface area contributed by atoms with Gasteiger partial charge in [-0.25, -0.2) is 0 Å². The molecule has 0 radical (unpaired) electrons. The number of nitrogens with zero attached hydrogens (tertiary/aromatic N) is 2. The highest BCUT2D eigenvalue weighted by atomic mass is 16.5. The number of methoxy groups -OCH3 is 1. The van der Waals surface area contributed by atoms with Gasteiger partial charge in [-0.1, -0.05) is 36.4 Å². The van der Waals surface area contributed by atoms with Gasteiger partial charge in [-0.3, -0.25) is 9.69 Å². The fourth-order valence-electron chi connectivity index (χ4n) is 3.86. The minimum Gasteiger partial charge on any atom is -0.493 e. The monoisotopic (exact) mass is 407 g/mol. The third-order valence-corrected chi connectivity index (χ3v) is 5.71. The lowest BCUT2D eigenvalue weighted by atomic mass is 10.1. The summed E-state index contributed by atoms with van der Waals surface area (Å²) in [5, 5.41) is 3.91. The quantitative estimate of drug-likeness (QED) is 0.652. The summed E-state index contributed by atoms with van der Waals surface area (Å²) in [7, 11) is 3.78. The third kappa shape index (κ3) is 4.66. The van der Waals surface area contributed by atoms with E-state index < -0.39 is 0 Å². The zero-order valence-electron chi connectivity index (χ0n) is 17.7. The van der Waals surface area contributed by atoms with Gasteiger partial charge in [-0.15, -0.1) is 0 Å². The number of ether oxygens (including phenoxy) is 1. The molecule has 0 atom stereocenters. The van der Waals surface area contributed by atoms with Crippen LogP contribution in [0.1, 0.15) is 21.7 Å². The first-order chi connectivity index (χ1) is 14.6. The number of nitrogens with one attached hydrogen (secondary N) is 1. The molecule has 1 N–H and O–H groups in total. The van der Waals surface area contributed by atoms with E-state index in [1.54, 1.807) is 7.11 Å². The Kier molecular flexibility index (Phi) is 6.35. The first kappa shape index (κ1) is 20.4. The molecular formula is C24H29N3O3. The van der Waals surface area contributed by atoms with Crippen LogP contribution in [0.3, 0.4) is 0 Å². The van der Waals surface area contributed by atoms with Gasteiger partial charge in [-0.2, -0.15) is 0 Å². The first-order valence-corrected chi connectivity index (χ1v) is 10.5. The number of hydrogen-bond acceptors (Lipinski definition) is 5. The largest absolute Gasteiger partial charge is 0.493 e. The standard InChI is InChI=1S/C24H29N3O3/c1-26-12-14-27(15-13-26)17-19-8-9-21(29-2)23-20(19)16-22(30-23)24(28)25-11-10-18-6-4-3-5-7-18/h3-9,16H,10-15,17H2,1-2H3,(H,25,28). The molecule has 0 aliphatic carbocycles. The maximum atomic E-state index is 12.7. The van der Waals surface area contributed by atoms with E-state index in [2.05, 4.69) is 40.4 Å². The zero-order chi connectivity index (χ0) is 20.9. The van der Waals surface area contributed by atoms with Gasteiger partial charge in [0.25, 0.3) is 5.91 Å². The van der Waals surface area contributed by atoms with Crippen molar-refractivity contribution in [3.8, 4) is 5.75 Å². The van der Waals surface area contributed by atoms with E-state index in [0.717, 1.165) is 50.1 Å². The van der Waals surface area contributed by atoms with E-state index in [1.807, 2.05) is 30.3 Å². The molecule has 1 fully saturated rings. The van der Waals surface area contributed by atoms with E-state index >= 15 is 0 Å². The second-order valence-corrected chi connectivity index (χ2v) is 7.85. The SMILES string of the molecule is COc1ccc(CN2CCN(C)CC2)c2cc(C(=O)NCCc3ccccc3)oc12. The predicted octanol–water partition coefficient (Wildman–Crippen LogP) is 3.16. The highest BCUT2D eigenvalue weighted by Gasteiger charge is 2.20. The van der Waals surface area contributed by atoms with Crippen LogP contribution in [-0.2, 0) is 13.0 Å². The number of benzene rings is 2. The summed E-state index contributed by atoms with van der Waals surface area (Å²) < 4.78 is 11.4. The normalized spacial score (nSPS) is 15.4. The van der Waals surface area contributed by atoms with Crippen molar-refractivity contribution in [1.82, 2.24) is 15.1 Å². The third-order valence-electron chi connectivity index (χ3n) is 5.71. The lowest BCUT2D eigenvalue weighted by molar-refractivity contribution is 0.0928. The molecule has 0 spiro atoms. The van der Waals surface area contributed by atoms with Gasteiger partial charge in [0.15, 0.2) is 17.1 Å². The number of amides is 1. The Hall–Kier alpha value is -2.83. The summed E-state index contributed by atoms with van der Waals surface area (Å²) in [6.45, 7) is 5.61. The molecule has 0 saturated carbocycles. The number of rotatable bonds is 7. The minimum absolute atomic E-state index is 0.199. The molecule has 158 valence electrons. The van der Waals surface area contributed by atoms with Crippen LogP contribution in [0.4, 0.5) is 0 Å². The number of hydrogen-bond donors (Lipinski definition) is 1. The van der Waals surface area contributed by atoms with E-state index in [1.165, 1.54) is 5.56 Å². The fourth-order valence-corrected chi connectivity index (χ4v) is 3.86. The fraction of sp³-hybridized carbons (Fsp3) is 0.375. The van der Waals surface area contributed by atoms with Crippen molar-refractivity contribution in [2.24, 2.45) is 0 Å². The van der Waals surface area contributed by atoms with Gasteiger partial charge < -0.3 is 19.4 Å². The first-order valence-electron chi connectivity index (χ1n) is 10.5. The van der Waals surface area contributed by atoms with Crippen molar-refractivity contribution < 1.29 is 13.9 Å². The average Bonchev–Trinajstić information content (AvgIpc) is 3.22. The zero-order valence-corrected chi connectivity index (χ0v) is 17.7. The molecule has 4 rings (SSSR count). The minimum atomic E-state index is -0.199. The smallest absolute Gasteiger partial charge is 0.287 e. The number of furan rings is 1. The molecule has 30 heavy (non-hydrogen) atoms. The molecule has 3 aromatic rings. The van der Waals surface area contributed by atoms with Crippen LogP contribution in [0, 0.1) is 0 Å². The molecule has 1 aromatic heterocycles. The van der Waals surface area contributed by atoms with Crippen LogP contribution in [-0.4, -0.2) is 62.6 Å². The van der Waals surface area contributed by atoms with Crippen molar-refractivity contribution in [3.05, 3.63) is 65.4 Å². The van der Waals surface area contributed by atoms with Gasteiger partial charge >= 0.3 is 0 Å². The van der Waals surface area contributed by atoms with Crippen molar-refractivity contribution in [3.63, 3.8) is 0 Å². The topological polar surface area (TPSA) is 58.0 Å². The molecule has 6 nitrogen and oxygen atoms in total. The second kappa shape index (κ2) is 9.32. The molecule has 1 aliphatic heterocycles.